The SMILES string of the molecule is O=C(O)C1CCN(S(=O)(=O)c2ccc3c(c2)CCCC3)CC1. The highest BCUT2D eigenvalue weighted by Gasteiger charge is 2.32. The fourth-order valence-corrected chi connectivity index (χ4v) is 4.88. The van der Waals surface area contributed by atoms with Gasteiger partial charge in [-0.3, -0.25) is 4.79 Å². The first kappa shape index (κ1) is 15.5. The molecule has 1 aliphatic heterocycles. The van der Waals surface area contributed by atoms with Crippen molar-refractivity contribution in [2.45, 2.75) is 43.4 Å². The maximum atomic E-state index is 12.7. The number of nitrogens with zero attached hydrogens (tertiary/aromatic N) is 1. The standard InChI is InChI=1S/C16H21NO4S/c18-16(19)13-7-9-17(10-8-13)22(20,21)15-6-5-12-3-1-2-4-14(12)11-15/h5-6,11,13H,1-4,7-10H2,(H,18,19). The molecule has 0 bridgehead atoms. The molecule has 0 saturated carbocycles. The lowest BCUT2D eigenvalue weighted by Gasteiger charge is -2.29. The van der Waals surface area contributed by atoms with Gasteiger partial charge in [0.15, 0.2) is 0 Å². The summed E-state index contributed by atoms with van der Waals surface area (Å²) >= 11 is 0. The molecule has 2 aliphatic rings. The average Bonchev–Trinajstić information content (AvgIpc) is 2.54. The van der Waals surface area contributed by atoms with E-state index in [2.05, 4.69) is 0 Å². The Morgan fingerprint density at radius 3 is 2.36 bits per heavy atom. The van der Waals surface area contributed by atoms with Gasteiger partial charge in [0.2, 0.25) is 10.0 Å². The molecule has 22 heavy (non-hydrogen) atoms. The fraction of sp³-hybridized carbons (Fsp3) is 0.562. The third kappa shape index (κ3) is 2.90. The Morgan fingerprint density at radius 1 is 1.09 bits per heavy atom. The van der Waals surface area contributed by atoms with Crippen LogP contribution in [0.25, 0.3) is 0 Å². The molecule has 1 aromatic carbocycles. The van der Waals surface area contributed by atoms with Gasteiger partial charge in [0.25, 0.3) is 0 Å². The second-order valence-corrected chi connectivity index (χ2v) is 8.09. The monoisotopic (exact) mass is 323 g/mol. The van der Waals surface area contributed by atoms with E-state index in [0.717, 1.165) is 24.8 Å². The Hall–Kier alpha value is -1.40. The van der Waals surface area contributed by atoms with Crippen molar-refractivity contribution in [2.24, 2.45) is 5.92 Å². The Labute approximate surface area is 131 Å². The van der Waals surface area contributed by atoms with E-state index in [1.807, 2.05) is 12.1 Å². The Balaban J connectivity index is 1.80. The zero-order valence-corrected chi connectivity index (χ0v) is 13.3. The molecular weight excluding hydrogens is 302 g/mol. The summed E-state index contributed by atoms with van der Waals surface area (Å²) in [5, 5.41) is 9.01. The minimum absolute atomic E-state index is 0.288. The van der Waals surface area contributed by atoms with Gasteiger partial charge in [-0.25, -0.2) is 8.42 Å². The lowest BCUT2D eigenvalue weighted by Crippen LogP contribution is -2.40. The van der Waals surface area contributed by atoms with Crippen molar-refractivity contribution in [3.63, 3.8) is 0 Å². The van der Waals surface area contributed by atoms with E-state index in [9.17, 15) is 13.2 Å². The van der Waals surface area contributed by atoms with Crippen LogP contribution in [0.4, 0.5) is 0 Å². The van der Waals surface area contributed by atoms with Crippen LogP contribution in [0.2, 0.25) is 0 Å². The van der Waals surface area contributed by atoms with Crippen LogP contribution >= 0.6 is 0 Å². The van der Waals surface area contributed by atoms with Gasteiger partial charge in [-0.15, -0.1) is 0 Å². The number of piperidine rings is 1. The second kappa shape index (κ2) is 6.01. The van der Waals surface area contributed by atoms with Gasteiger partial charge in [0.1, 0.15) is 0 Å². The minimum Gasteiger partial charge on any atom is -0.481 e. The smallest absolute Gasteiger partial charge is 0.306 e. The topological polar surface area (TPSA) is 74.7 Å². The summed E-state index contributed by atoms with van der Waals surface area (Å²) in [7, 11) is -3.50. The molecule has 0 spiro atoms. The molecule has 1 aliphatic carbocycles. The largest absolute Gasteiger partial charge is 0.481 e. The molecule has 0 aromatic heterocycles. The molecule has 1 fully saturated rings. The maximum absolute atomic E-state index is 12.7. The van der Waals surface area contributed by atoms with Gasteiger partial charge in [-0.1, -0.05) is 6.07 Å². The summed E-state index contributed by atoms with van der Waals surface area (Å²) < 4.78 is 26.9. The van der Waals surface area contributed by atoms with Crippen molar-refractivity contribution in [3.8, 4) is 0 Å². The Bertz CT molecular complexity index is 675. The van der Waals surface area contributed by atoms with Crippen LogP contribution in [0.5, 0.6) is 0 Å². The Kier molecular flexibility index (Phi) is 4.23. The van der Waals surface area contributed by atoms with Crippen molar-refractivity contribution >= 4 is 16.0 Å². The van der Waals surface area contributed by atoms with Crippen LogP contribution in [-0.4, -0.2) is 36.9 Å². The number of sulfonamides is 1. The van der Waals surface area contributed by atoms with Crippen molar-refractivity contribution in [1.29, 1.82) is 0 Å². The first-order chi connectivity index (χ1) is 10.5. The highest BCUT2D eigenvalue weighted by Crippen LogP contribution is 2.28. The molecule has 1 N–H and O–H groups in total. The molecule has 0 atom stereocenters. The van der Waals surface area contributed by atoms with E-state index in [0.29, 0.717) is 17.7 Å². The average molecular weight is 323 g/mol. The predicted octanol–water partition coefficient (Wildman–Crippen LogP) is 2.05. The molecular formula is C16H21NO4S. The summed E-state index contributed by atoms with van der Waals surface area (Å²) in [6.07, 6.45) is 5.03. The molecule has 0 radical (unpaired) electrons. The number of aryl methyl sites for hydroxylation is 2. The van der Waals surface area contributed by atoms with Gasteiger partial charge < -0.3 is 5.11 Å². The number of rotatable bonds is 3. The summed E-state index contributed by atoms with van der Waals surface area (Å²) in [5.41, 5.74) is 2.41. The quantitative estimate of drug-likeness (QED) is 0.924. The molecule has 5 nitrogen and oxygen atoms in total. The van der Waals surface area contributed by atoms with Crippen LogP contribution in [0.3, 0.4) is 0 Å². The zero-order valence-electron chi connectivity index (χ0n) is 12.5. The lowest BCUT2D eigenvalue weighted by atomic mass is 9.92. The van der Waals surface area contributed by atoms with Crippen LogP contribution in [0.15, 0.2) is 23.1 Å². The van der Waals surface area contributed by atoms with Crippen molar-refractivity contribution in [3.05, 3.63) is 29.3 Å². The summed E-state index contributed by atoms with van der Waals surface area (Å²) in [4.78, 5) is 11.3. The zero-order chi connectivity index (χ0) is 15.7. The number of carboxylic acids is 1. The van der Waals surface area contributed by atoms with E-state index in [1.54, 1.807) is 6.07 Å². The third-order valence-corrected chi connectivity index (χ3v) is 6.66. The number of carboxylic acid groups (broad SMARTS) is 1. The van der Waals surface area contributed by atoms with Gasteiger partial charge in [-0.2, -0.15) is 4.31 Å². The molecule has 1 saturated heterocycles. The molecule has 1 aromatic rings. The number of benzene rings is 1. The molecule has 0 amide bonds. The highest BCUT2D eigenvalue weighted by molar-refractivity contribution is 7.89. The maximum Gasteiger partial charge on any atom is 0.306 e. The second-order valence-electron chi connectivity index (χ2n) is 6.15. The van der Waals surface area contributed by atoms with Crippen molar-refractivity contribution in [1.82, 2.24) is 4.31 Å². The van der Waals surface area contributed by atoms with Crippen molar-refractivity contribution < 1.29 is 18.3 Å². The van der Waals surface area contributed by atoms with E-state index in [-0.39, 0.29) is 13.1 Å². The third-order valence-electron chi connectivity index (χ3n) is 4.76. The number of aliphatic carboxylic acids is 1. The van der Waals surface area contributed by atoms with E-state index < -0.39 is 21.9 Å². The van der Waals surface area contributed by atoms with Gasteiger partial charge in [0.05, 0.1) is 10.8 Å². The van der Waals surface area contributed by atoms with Crippen LogP contribution in [-0.2, 0) is 27.7 Å². The highest BCUT2D eigenvalue weighted by atomic mass is 32.2. The van der Waals surface area contributed by atoms with Gasteiger partial charge in [0, 0.05) is 13.1 Å². The fourth-order valence-electron chi connectivity index (χ4n) is 3.36. The van der Waals surface area contributed by atoms with Gasteiger partial charge >= 0.3 is 5.97 Å². The lowest BCUT2D eigenvalue weighted by molar-refractivity contribution is -0.142. The molecule has 6 heteroatoms. The number of carbonyl (C=O) groups is 1. The first-order valence-corrected chi connectivity index (χ1v) is 9.27. The van der Waals surface area contributed by atoms with E-state index >= 15 is 0 Å². The summed E-state index contributed by atoms with van der Waals surface area (Å²) in [5.74, 6) is -1.25. The van der Waals surface area contributed by atoms with Crippen LogP contribution in [0, 0.1) is 5.92 Å². The van der Waals surface area contributed by atoms with Gasteiger partial charge in [-0.05, 0) is 61.8 Å². The molecule has 3 rings (SSSR count). The minimum atomic E-state index is -3.50. The normalized spacial score (nSPS) is 20.5. The number of hydrogen-bond donors (Lipinski definition) is 1. The molecule has 120 valence electrons. The van der Waals surface area contributed by atoms with Crippen LogP contribution < -0.4 is 0 Å². The number of hydrogen-bond acceptors (Lipinski definition) is 3. The summed E-state index contributed by atoms with van der Waals surface area (Å²) in [6.45, 7) is 0.576. The molecule has 0 unspecified atom stereocenters. The van der Waals surface area contributed by atoms with Crippen molar-refractivity contribution in [2.75, 3.05) is 13.1 Å². The van der Waals surface area contributed by atoms with E-state index in [1.165, 1.54) is 16.3 Å². The van der Waals surface area contributed by atoms with Crippen LogP contribution in [0.1, 0.15) is 36.8 Å². The first-order valence-electron chi connectivity index (χ1n) is 7.83. The number of fused-ring (bicyclic) bond motifs is 1. The predicted molar refractivity (Wildman–Crippen MR) is 82.2 cm³/mol. The molecule has 1 heterocycles. The van der Waals surface area contributed by atoms with E-state index in [4.69, 9.17) is 5.11 Å². The Morgan fingerprint density at radius 2 is 1.73 bits per heavy atom. The summed E-state index contributed by atoms with van der Waals surface area (Å²) in [6, 6.07) is 5.45.